The molecule has 2 aromatic rings. The van der Waals surface area contributed by atoms with Crippen LogP contribution in [0.4, 0.5) is 0 Å². The SMILES string of the molecule is COCOc1cc(OCCCS(C)(=O)=O)cc2c1C(=O)O[C@@H](C)[C@H](C)/C=C\C(OC(=O)c1ccccc1)C1OC(C)(C)OC1C/C=C/2. The molecule has 1 saturated heterocycles. The number of methoxy groups -OCH3 is 1. The van der Waals surface area contributed by atoms with E-state index < -0.39 is 52.0 Å². The molecule has 2 heterocycles. The van der Waals surface area contributed by atoms with E-state index in [9.17, 15) is 18.0 Å². The highest BCUT2D eigenvalue weighted by Crippen LogP contribution is 2.36. The van der Waals surface area contributed by atoms with Crippen LogP contribution in [0.2, 0.25) is 0 Å². The lowest BCUT2D eigenvalue weighted by molar-refractivity contribution is -0.152. The molecule has 256 valence electrons. The van der Waals surface area contributed by atoms with Crippen LogP contribution >= 0.6 is 0 Å². The number of hydrogen-bond acceptors (Lipinski definition) is 11. The van der Waals surface area contributed by atoms with Gasteiger partial charge in [0.25, 0.3) is 0 Å². The van der Waals surface area contributed by atoms with Crippen LogP contribution in [0.1, 0.15) is 66.8 Å². The van der Waals surface area contributed by atoms with Crippen LogP contribution in [0.25, 0.3) is 6.08 Å². The average molecular weight is 673 g/mol. The van der Waals surface area contributed by atoms with Crippen LogP contribution in [0.5, 0.6) is 11.5 Å². The van der Waals surface area contributed by atoms with Crippen molar-refractivity contribution in [3.63, 3.8) is 0 Å². The Labute approximate surface area is 276 Å². The van der Waals surface area contributed by atoms with Crippen LogP contribution in [-0.4, -0.2) is 83.1 Å². The third-order valence-electron chi connectivity index (χ3n) is 7.67. The molecule has 0 aromatic heterocycles. The van der Waals surface area contributed by atoms with Gasteiger partial charge in [0.15, 0.2) is 12.6 Å². The molecule has 3 unspecified atom stereocenters. The van der Waals surface area contributed by atoms with Crippen molar-refractivity contribution in [2.75, 3.05) is 32.5 Å². The van der Waals surface area contributed by atoms with E-state index in [1.165, 1.54) is 13.4 Å². The quantitative estimate of drug-likeness (QED) is 0.139. The number of carbonyl (C=O) groups is 2. The third-order valence-corrected chi connectivity index (χ3v) is 8.70. The number of fused-ring (bicyclic) bond motifs is 2. The predicted molar refractivity (Wildman–Crippen MR) is 175 cm³/mol. The normalized spacial score (nSPS) is 25.7. The lowest BCUT2D eigenvalue weighted by Crippen LogP contribution is -2.37. The number of sulfone groups is 1. The fourth-order valence-corrected chi connectivity index (χ4v) is 5.84. The van der Waals surface area contributed by atoms with E-state index in [2.05, 4.69) is 0 Å². The van der Waals surface area contributed by atoms with Crippen LogP contribution in [0, 0.1) is 5.92 Å². The number of benzene rings is 2. The Morgan fingerprint density at radius 1 is 1.04 bits per heavy atom. The van der Waals surface area contributed by atoms with Gasteiger partial charge in [-0.05, 0) is 63.5 Å². The molecule has 0 spiro atoms. The van der Waals surface area contributed by atoms with Crippen molar-refractivity contribution in [3.8, 4) is 11.5 Å². The highest BCUT2D eigenvalue weighted by atomic mass is 32.2. The van der Waals surface area contributed by atoms with Crippen molar-refractivity contribution in [3.05, 3.63) is 77.4 Å². The van der Waals surface area contributed by atoms with Crippen LogP contribution in [-0.2, 0) is 33.5 Å². The smallest absolute Gasteiger partial charge is 0.342 e. The van der Waals surface area contributed by atoms with E-state index in [-0.39, 0.29) is 42.8 Å². The van der Waals surface area contributed by atoms with E-state index in [0.717, 1.165) is 0 Å². The largest absolute Gasteiger partial charge is 0.493 e. The Bertz CT molecular complexity index is 1550. The third kappa shape index (κ3) is 10.4. The van der Waals surface area contributed by atoms with E-state index in [1.807, 2.05) is 25.1 Å². The van der Waals surface area contributed by atoms with E-state index >= 15 is 0 Å². The first-order valence-corrected chi connectivity index (χ1v) is 17.6. The Morgan fingerprint density at radius 2 is 1.79 bits per heavy atom. The van der Waals surface area contributed by atoms with E-state index in [4.69, 9.17) is 33.2 Å². The first-order chi connectivity index (χ1) is 22.3. The first-order valence-electron chi connectivity index (χ1n) is 15.5. The second-order valence-corrected chi connectivity index (χ2v) is 14.4. The molecule has 2 aromatic carbocycles. The van der Waals surface area contributed by atoms with Crippen LogP contribution in [0.3, 0.4) is 0 Å². The zero-order chi connectivity index (χ0) is 34.2. The standard InChI is InChI=1S/C35H44O11S/c1-23-16-17-28(44-33(36)25-12-8-7-9-13-25)32-29(45-35(3,4)46-32)15-10-14-26-20-27(41-18-11-19-47(6,38)39)21-30(42-22-40-5)31(26)34(37)43-24(23)2/h7-10,12-14,16-17,20-21,23-24,28-29,32H,11,15,18-19,22H2,1-6H3/b14-10+,17-16-/t23-,24+,28?,29?,32?/m1/s1. The summed E-state index contributed by atoms with van der Waals surface area (Å²) >= 11 is 0. The summed E-state index contributed by atoms with van der Waals surface area (Å²) in [5.74, 6) is -1.82. The fourth-order valence-electron chi connectivity index (χ4n) is 5.20. The summed E-state index contributed by atoms with van der Waals surface area (Å²) < 4.78 is 64.5. The maximum absolute atomic E-state index is 13.7. The van der Waals surface area contributed by atoms with Crippen molar-refractivity contribution in [2.45, 2.75) is 70.7 Å². The van der Waals surface area contributed by atoms with Crippen molar-refractivity contribution in [1.82, 2.24) is 0 Å². The molecule has 0 N–H and O–H groups in total. The number of cyclic esters (lactones) is 1. The van der Waals surface area contributed by atoms with E-state index in [0.29, 0.717) is 23.3 Å². The molecule has 0 amide bonds. The summed E-state index contributed by atoms with van der Waals surface area (Å²) in [6.07, 6.45) is 6.44. The second kappa shape index (κ2) is 15.9. The van der Waals surface area contributed by atoms with Crippen molar-refractivity contribution >= 4 is 27.9 Å². The average Bonchev–Trinajstić information content (AvgIpc) is 3.33. The van der Waals surface area contributed by atoms with Gasteiger partial charge in [-0.2, -0.15) is 0 Å². The summed E-state index contributed by atoms with van der Waals surface area (Å²) in [6, 6.07) is 11.9. The maximum atomic E-state index is 13.7. The molecular formula is C35H44O11S. The molecule has 2 aliphatic heterocycles. The van der Waals surface area contributed by atoms with Crippen LogP contribution in [0.15, 0.2) is 60.7 Å². The Balaban J connectivity index is 1.71. The zero-order valence-corrected chi connectivity index (χ0v) is 28.5. The highest BCUT2D eigenvalue weighted by molar-refractivity contribution is 7.90. The van der Waals surface area contributed by atoms with Gasteiger partial charge in [-0.15, -0.1) is 0 Å². The van der Waals surface area contributed by atoms with Gasteiger partial charge in [0.2, 0.25) is 0 Å². The predicted octanol–water partition coefficient (Wildman–Crippen LogP) is 5.38. The number of hydrogen-bond donors (Lipinski definition) is 0. The molecule has 0 aliphatic carbocycles. The topological polar surface area (TPSA) is 133 Å². The number of rotatable bonds is 10. The van der Waals surface area contributed by atoms with Gasteiger partial charge in [-0.25, -0.2) is 18.0 Å². The van der Waals surface area contributed by atoms with Gasteiger partial charge in [0.05, 0.1) is 24.0 Å². The molecule has 5 atom stereocenters. The molecule has 11 nitrogen and oxygen atoms in total. The molecule has 0 radical (unpaired) electrons. The summed E-state index contributed by atoms with van der Waals surface area (Å²) in [5.41, 5.74) is 1.04. The van der Waals surface area contributed by atoms with Gasteiger partial charge >= 0.3 is 11.9 Å². The summed E-state index contributed by atoms with van der Waals surface area (Å²) in [7, 11) is -1.68. The molecule has 1 fully saturated rings. The molecule has 4 rings (SSSR count). The highest BCUT2D eigenvalue weighted by Gasteiger charge is 2.45. The van der Waals surface area contributed by atoms with Gasteiger partial charge < -0.3 is 33.2 Å². The molecule has 12 heteroatoms. The molecule has 0 bridgehead atoms. The minimum absolute atomic E-state index is 0.0235. The Hall–Kier alpha value is -3.71. The van der Waals surface area contributed by atoms with Crippen molar-refractivity contribution in [1.29, 1.82) is 0 Å². The second-order valence-electron chi connectivity index (χ2n) is 12.1. The van der Waals surface area contributed by atoms with Crippen LogP contribution < -0.4 is 9.47 Å². The Morgan fingerprint density at radius 3 is 2.49 bits per heavy atom. The fraction of sp³-hybridized carbons (Fsp3) is 0.486. The summed E-state index contributed by atoms with van der Waals surface area (Å²) in [5, 5.41) is 0. The lowest BCUT2D eigenvalue weighted by atomic mass is 9.98. The number of ether oxygens (including phenoxy) is 7. The van der Waals surface area contributed by atoms with Gasteiger partial charge in [-0.3, -0.25) is 0 Å². The summed E-state index contributed by atoms with van der Waals surface area (Å²) in [4.78, 5) is 26.9. The lowest BCUT2D eigenvalue weighted by Gasteiger charge is -2.25. The molecule has 0 saturated carbocycles. The van der Waals surface area contributed by atoms with Crippen molar-refractivity contribution in [2.24, 2.45) is 5.92 Å². The minimum atomic E-state index is -3.15. The molecule has 2 aliphatic rings. The van der Waals surface area contributed by atoms with Gasteiger partial charge in [0, 0.05) is 25.3 Å². The van der Waals surface area contributed by atoms with Gasteiger partial charge in [0.1, 0.15) is 45.2 Å². The number of esters is 2. The zero-order valence-electron chi connectivity index (χ0n) is 27.7. The van der Waals surface area contributed by atoms with Crippen molar-refractivity contribution < 1.29 is 51.2 Å². The minimum Gasteiger partial charge on any atom is -0.493 e. The number of carbonyl (C=O) groups excluding carboxylic acids is 2. The van der Waals surface area contributed by atoms with Gasteiger partial charge in [-0.1, -0.05) is 43.4 Å². The summed E-state index contributed by atoms with van der Waals surface area (Å²) in [6.45, 7) is 7.27. The molecule has 47 heavy (non-hydrogen) atoms. The Kier molecular flexibility index (Phi) is 12.2. The van der Waals surface area contributed by atoms with E-state index in [1.54, 1.807) is 69.3 Å². The monoisotopic (exact) mass is 672 g/mol. The molecular weight excluding hydrogens is 628 g/mol. The first kappa shape index (κ1) is 36.1. The maximum Gasteiger partial charge on any atom is 0.342 e.